The summed E-state index contributed by atoms with van der Waals surface area (Å²) in [5, 5.41) is 12.3. The smallest absolute Gasteiger partial charge is 0.170 e. The van der Waals surface area contributed by atoms with Crippen molar-refractivity contribution in [3.05, 3.63) is 29.3 Å². The zero-order valence-corrected chi connectivity index (χ0v) is 10.0. The van der Waals surface area contributed by atoms with Gasteiger partial charge in [0.05, 0.1) is 11.6 Å². The lowest BCUT2D eigenvalue weighted by Gasteiger charge is -2.08. The van der Waals surface area contributed by atoms with Gasteiger partial charge < -0.3 is 5.32 Å². The van der Waals surface area contributed by atoms with Crippen molar-refractivity contribution in [3.8, 4) is 6.07 Å². The summed E-state index contributed by atoms with van der Waals surface area (Å²) in [6.45, 7) is 1.00. The molecule has 1 aromatic carbocycles. The molecule has 0 saturated heterocycles. The lowest BCUT2D eigenvalue weighted by molar-refractivity contribution is -0.368. The number of hydrogen-bond acceptors (Lipinski definition) is 2. The molecular weight excluding hydrogens is 220 g/mol. The van der Waals surface area contributed by atoms with E-state index < -0.39 is 0 Å². The first kappa shape index (κ1) is 11.3. The second kappa shape index (κ2) is 5.23. The summed E-state index contributed by atoms with van der Waals surface area (Å²) in [5.41, 5.74) is 3.27. The maximum atomic E-state index is 8.89. The van der Waals surface area contributed by atoms with Crippen LogP contribution in [0, 0.1) is 22.9 Å². The van der Waals surface area contributed by atoms with Gasteiger partial charge >= 0.3 is 0 Å². The lowest BCUT2D eigenvalue weighted by Crippen LogP contribution is -2.02. The molecule has 84 valence electrons. The molecule has 1 aromatic rings. The maximum Gasteiger partial charge on any atom is 0.170 e. The van der Waals surface area contributed by atoms with Crippen molar-refractivity contribution < 1.29 is 11.6 Å². The summed E-state index contributed by atoms with van der Waals surface area (Å²) in [7, 11) is 0. The Morgan fingerprint density at radius 3 is 3.06 bits per heavy atom. The standard InChI is InChI=1S/C13H16ClN2/c14-6-2-1-3-11-9-16-13-5-4-10(8-15)7-12(11)13/h4-5,7,11,14,16H,1-3,6,9H2/q+1. The van der Waals surface area contributed by atoms with Gasteiger partial charge in [-0.1, -0.05) is 0 Å². The third-order valence-electron chi connectivity index (χ3n) is 3.11. The topological polar surface area (TPSA) is 35.8 Å². The van der Waals surface area contributed by atoms with Crippen LogP contribution in [0.1, 0.15) is 36.3 Å². The van der Waals surface area contributed by atoms with Crippen LogP contribution < -0.4 is 5.32 Å². The SMILES string of the molecule is N#Cc1ccc2c(c1)C(CCCC[ClH+])CN2. The van der Waals surface area contributed by atoms with Crippen molar-refractivity contribution in [2.75, 3.05) is 17.7 Å². The quantitative estimate of drug-likeness (QED) is 0.643. The number of nitrogens with zero attached hydrogens (tertiary/aromatic N) is 1. The van der Waals surface area contributed by atoms with Gasteiger partial charge in [-0.3, -0.25) is 0 Å². The van der Waals surface area contributed by atoms with E-state index in [0.29, 0.717) is 5.92 Å². The molecule has 0 fully saturated rings. The lowest BCUT2D eigenvalue weighted by atomic mass is 9.94. The van der Waals surface area contributed by atoms with Crippen LogP contribution >= 0.6 is 0 Å². The van der Waals surface area contributed by atoms with Gasteiger partial charge in [-0.05, 0) is 36.6 Å². The Morgan fingerprint density at radius 2 is 2.31 bits per heavy atom. The first-order chi connectivity index (χ1) is 7.85. The molecule has 0 spiro atoms. The van der Waals surface area contributed by atoms with Crippen molar-refractivity contribution in [2.45, 2.75) is 25.2 Å². The summed E-state index contributed by atoms with van der Waals surface area (Å²) in [6, 6.07) is 8.11. The number of fused-ring (bicyclic) bond motifs is 1. The molecule has 1 aliphatic rings. The van der Waals surface area contributed by atoms with Crippen molar-refractivity contribution in [1.29, 1.82) is 5.26 Å². The minimum atomic E-state index is 0.560. The van der Waals surface area contributed by atoms with Crippen LogP contribution in [0.5, 0.6) is 0 Å². The number of unbranched alkanes of at least 4 members (excludes halogenated alkanes) is 1. The third-order valence-corrected chi connectivity index (χ3v) is 3.40. The van der Waals surface area contributed by atoms with Crippen molar-refractivity contribution in [2.24, 2.45) is 0 Å². The van der Waals surface area contributed by atoms with E-state index in [-0.39, 0.29) is 0 Å². The highest BCUT2D eigenvalue weighted by molar-refractivity contribution is 5.60. The highest BCUT2D eigenvalue weighted by Crippen LogP contribution is 2.35. The predicted molar refractivity (Wildman–Crippen MR) is 62.5 cm³/mol. The monoisotopic (exact) mass is 235 g/mol. The number of nitriles is 1. The van der Waals surface area contributed by atoms with Crippen LogP contribution in [0.15, 0.2) is 18.2 Å². The second-order valence-electron chi connectivity index (χ2n) is 4.19. The van der Waals surface area contributed by atoms with Gasteiger partial charge in [-0.25, -0.2) is 0 Å². The number of halogens is 1. The molecule has 0 radical (unpaired) electrons. The van der Waals surface area contributed by atoms with Gasteiger partial charge in [0.15, 0.2) is 5.88 Å². The van der Waals surface area contributed by atoms with Gasteiger partial charge in [0.25, 0.3) is 0 Å². The predicted octanol–water partition coefficient (Wildman–Crippen LogP) is 2.52. The number of alkyl halides is 1. The van der Waals surface area contributed by atoms with E-state index in [1.54, 1.807) is 0 Å². The van der Waals surface area contributed by atoms with E-state index in [1.807, 2.05) is 18.2 Å². The van der Waals surface area contributed by atoms with E-state index in [0.717, 1.165) is 24.4 Å². The van der Waals surface area contributed by atoms with Crippen LogP contribution in [0.2, 0.25) is 0 Å². The van der Waals surface area contributed by atoms with E-state index in [2.05, 4.69) is 11.4 Å². The third kappa shape index (κ3) is 2.31. The molecule has 0 saturated carbocycles. The fourth-order valence-corrected chi connectivity index (χ4v) is 2.43. The Hall–Kier alpha value is -1.20. The van der Waals surface area contributed by atoms with E-state index in [4.69, 9.17) is 16.9 Å². The fourth-order valence-electron chi connectivity index (χ4n) is 2.22. The number of hydrogen-bond donors (Lipinski definition) is 1. The number of anilines is 1. The van der Waals surface area contributed by atoms with Gasteiger partial charge in [-0.2, -0.15) is 5.26 Å². The molecule has 1 atom stereocenters. The van der Waals surface area contributed by atoms with Crippen LogP contribution in [0.4, 0.5) is 5.69 Å². The number of rotatable bonds is 4. The molecule has 2 rings (SSSR count). The Kier molecular flexibility index (Phi) is 3.69. The number of benzene rings is 1. The number of nitrogens with one attached hydrogen (secondary N) is 1. The minimum Gasteiger partial charge on any atom is -0.384 e. The second-order valence-corrected chi connectivity index (χ2v) is 4.60. The Bertz CT molecular complexity index is 409. The summed E-state index contributed by atoms with van der Waals surface area (Å²) in [5.74, 6) is 1.41. The van der Waals surface area contributed by atoms with E-state index >= 15 is 0 Å². The zero-order chi connectivity index (χ0) is 11.4. The Labute approximate surface area is 101 Å². The summed E-state index contributed by atoms with van der Waals surface area (Å²) in [4.78, 5) is 0. The molecule has 0 aromatic heterocycles. The van der Waals surface area contributed by atoms with Crippen molar-refractivity contribution >= 4 is 5.69 Å². The zero-order valence-electron chi connectivity index (χ0n) is 9.20. The van der Waals surface area contributed by atoms with Gasteiger partial charge in [0.2, 0.25) is 0 Å². The minimum absolute atomic E-state index is 0.560. The molecule has 16 heavy (non-hydrogen) atoms. The average Bonchev–Trinajstić information content (AvgIpc) is 2.72. The van der Waals surface area contributed by atoms with Crippen LogP contribution in [0.3, 0.4) is 0 Å². The molecule has 2 nitrogen and oxygen atoms in total. The van der Waals surface area contributed by atoms with Gasteiger partial charge in [0, 0.05) is 24.6 Å². The fraction of sp³-hybridized carbons (Fsp3) is 0.462. The molecule has 0 aliphatic carbocycles. The first-order valence-electron chi connectivity index (χ1n) is 5.71. The summed E-state index contributed by atoms with van der Waals surface area (Å²) in [6.07, 6.45) is 3.48. The Balaban J connectivity index is 2.09. The molecule has 0 amide bonds. The van der Waals surface area contributed by atoms with Crippen molar-refractivity contribution in [3.63, 3.8) is 0 Å². The Morgan fingerprint density at radius 1 is 1.44 bits per heavy atom. The van der Waals surface area contributed by atoms with Crippen LogP contribution in [-0.4, -0.2) is 12.4 Å². The molecule has 1 heterocycles. The highest BCUT2D eigenvalue weighted by atomic mass is 35.5. The normalized spacial score (nSPS) is 17.6. The molecular formula is C13H16ClN2+. The van der Waals surface area contributed by atoms with E-state index in [1.165, 1.54) is 24.1 Å². The largest absolute Gasteiger partial charge is 0.384 e. The van der Waals surface area contributed by atoms with Crippen LogP contribution in [-0.2, 0) is 0 Å². The average molecular weight is 236 g/mol. The van der Waals surface area contributed by atoms with E-state index in [9.17, 15) is 0 Å². The highest BCUT2D eigenvalue weighted by Gasteiger charge is 2.21. The molecule has 1 aliphatic heterocycles. The molecule has 1 N–H and O–H groups in total. The van der Waals surface area contributed by atoms with Crippen molar-refractivity contribution in [1.82, 2.24) is 0 Å². The molecule has 3 heteroatoms. The maximum absolute atomic E-state index is 8.89. The molecule has 1 unspecified atom stereocenters. The van der Waals surface area contributed by atoms with Crippen LogP contribution in [0.25, 0.3) is 0 Å². The molecule has 0 bridgehead atoms. The summed E-state index contributed by atoms with van der Waals surface area (Å²) >= 11 is 4.95. The summed E-state index contributed by atoms with van der Waals surface area (Å²) < 4.78 is 0. The van der Waals surface area contributed by atoms with Gasteiger partial charge in [0.1, 0.15) is 11.6 Å². The first-order valence-corrected chi connectivity index (χ1v) is 6.29. The van der Waals surface area contributed by atoms with Gasteiger partial charge in [-0.15, -0.1) is 0 Å².